The van der Waals surface area contributed by atoms with E-state index in [1.54, 1.807) is 0 Å². The highest BCUT2D eigenvalue weighted by Gasteiger charge is 2.30. The molecule has 0 spiro atoms. The number of rotatable bonds is 5. The fourth-order valence-electron chi connectivity index (χ4n) is 1.87. The van der Waals surface area contributed by atoms with Crippen molar-refractivity contribution in [2.24, 2.45) is 5.92 Å². The molecule has 0 aromatic rings. The first kappa shape index (κ1) is 11.5. The zero-order chi connectivity index (χ0) is 10.6. The Morgan fingerprint density at radius 3 is 2.86 bits per heavy atom. The van der Waals surface area contributed by atoms with Crippen molar-refractivity contribution in [1.82, 2.24) is 10.2 Å². The molecule has 1 amide bonds. The van der Waals surface area contributed by atoms with E-state index >= 15 is 0 Å². The lowest BCUT2D eigenvalue weighted by Gasteiger charge is -2.19. The quantitative estimate of drug-likeness (QED) is 0.721. The van der Waals surface area contributed by atoms with Crippen molar-refractivity contribution in [1.29, 1.82) is 0 Å². The number of hydrogen-bond donors (Lipinski definition) is 1. The van der Waals surface area contributed by atoms with E-state index in [-0.39, 0.29) is 6.04 Å². The third-order valence-electron chi connectivity index (χ3n) is 2.52. The molecule has 0 saturated carbocycles. The Hall–Kier alpha value is -0.570. The van der Waals surface area contributed by atoms with Crippen LogP contribution >= 0.6 is 0 Å². The minimum atomic E-state index is 0.0914. The van der Waals surface area contributed by atoms with Gasteiger partial charge >= 0.3 is 0 Å². The number of carbonyl (C=O) groups excluding carboxylic acids is 1. The van der Waals surface area contributed by atoms with Crippen LogP contribution in [0.25, 0.3) is 0 Å². The summed E-state index contributed by atoms with van der Waals surface area (Å²) >= 11 is 0. The normalized spacial score (nSPS) is 22.4. The van der Waals surface area contributed by atoms with Crippen LogP contribution in [0.15, 0.2) is 0 Å². The zero-order valence-corrected chi connectivity index (χ0v) is 9.55. The van der Waals surface area contributed by atoms with Gasteiger partial charge in [0.1, 0.15) is 0 Å². The molecule has 1 rings (SSSR count). The third-order valence-corrected chi connectivity index (χ3v) is 2.52. The van der Waals surface area contributed by atoms with E-state index in [9.17, 15) is 4.79 Å². The summed E-state index contributed by atoms with van der Waals surface area (Å²) in [5.41, 5.74) is 0. The molecule has 3 nitrogen and oxygen atoms in total. The standard InChI is InChI=1S/C11H22N2O/c1-4-6-12-10-5-7-13(11(10)14)8-9(2)3/h9-10,12H,4-8H2,1-3H3. The topological polar surface area (TPSA) is 32.3 Å². The summed E-state index contributed by atoms with van der Waals surface area (Å²) in [6.07, 6.45) is 2.07. The lowest BCUT2D eigenvalue weighted by Crippen LogP contribution is -2.39. The fraction of sp³-hybridized carbons (Fsp3) is 0.909. The zero-order valence-electron chi connectivity index (χ0n) is 9.55. The van der Waals surface area contributed by atoms with Gasteiger partial charge in [-0.25, -0.2) is 0 Å². The molecule has 0 bridgehead atoms. The predicted molar refractivity (Wildman–Crippen MR) is 58.1 cm³/mol. The molecule has 3 heteroatoms. The van der Waals surface area contributed by atoms with Gasteiger partial charge in [0.05, 0.1) is 6.04 Å². The summed E-state index contributed by atoms with van der Waals surface area (Å²) in [4.78, 5) is 13.8. The molecule has 1 unspecified atom stereocenters. The van der Waals surface area contributed by atoms with Crippen LogP contribution in [-0.4, -0.2) is 36.5 Å². The number of amides is 1. The number of carbonyl (C=O) groups is 1. The summed E-state index contributed by atoms with van der Waals surface area (Å²) in [6, 6.07) is 0.0914. The fourth-order valence-corrected chi connectivity index (χ4v) is 1.87. The minimum absolute atomic E-state index is 0.0914. The van der Waals surface area contributed by atoms with E-state index < -0.39 is 0 Å². The van der Waals surface area contributed by atoms with Crippen molar-refractivity contribution in [2.45, 2.75) is 39.7 Å². The smallest absolute Gasteiger partial charge is 0.239 e. The summed E-state index contributed by atoms with van der Waals surface area (Å²) in [5, 5.41) is 3.29. The van der Waals surface area contributed by atoms with Gasteiger partial charge in [0.25, 0.3) is 0 Å². The van der Waals surface area contributed by atoms with Crippen molar-refractivity contribution < 1.29 is 4.79 Å². The maximum atomic E-state index is 11.8. The average Bonchev–Trinajstić information content (AvgIpc) is 2.45. The first-order valence-electron chi connectivity index (χ1n) is 5.67. The molecule has 0 aromatic carbocycles. The van der Waals surface area contributed by atoms with Gasteiger partial charge in [0.2, 0.25) is 5.91 Å². The van der Waals surface area contributed by atoms with Crippen LogP contribution in [0.4, 0.5) is 0 Å². The number of nitrogens with one attached hydrogen (secondary N) is 1. The van der Waals surface area contributed by atoms with Crippen LogP contribution in [0.5, 0.6) is 0 Å². The Morgan fingerprint density at radius 1 is 1.57 bits per heavy atom. The van der Waals surface area contributed by atoms with E-state index in [1.165, 1.54) is 0 Å². The molecule has 0 aromatic heterocycles. The molecule has 1 aliphatic rings. The van der Waals surface area contributed by atoms with Crippen molar-refractivity contribution in [3.63, 3.8) is 0 Å². The van der Waals surface area contributed by atoms with Gasteiger partial charge in [0.15, 0.2) is 0 Å². The third kappa shape index (κ3) is 2.98. The first-order chi connectivity index (χ1) is 6.65. The van der Waals surface area contributed by atoms with Crippen LogP contribution in [0, 0.1) is 5.92 Å². The lowest BCUT2D eigenvalue weighted by molar-refractivity contribution is -0.129. The first-order valence-corrected chi connectivity index (χ1v) is 5.67. The van der Waals surface area contributed by atoms with Crippen LogP contribution in [0.1, 0.15) is 33.6 Å². The molecule has 1 fully saturated rings. The van der Waals surface area contributed by atoms with E-state index in [0.29, 0.717) is 11.8 Å². The monoisotopic (exact) mass is 198 g/mol. The summed E-state index contributed by atoms with van der Waals surface area (Å²) in [5.74, 6) is 0.871. The highest BCUT2D eigenvalue weighted by molar-refractivity contribution is 5.83. The summed E-state index contributed by atoms with van der Waals surface area (Å²) in [6.45, 7) is 9.21. The number of hydrogen-bond acceptors (Lipinski definition) is 2. The molecule has 1 N–H and O–H groups in total. The van der Waals surface area contributed by atoms with Crippen molar-refractivity contribution in [2.75, 3.05) is 19.6 Å². The van der Waals surface area contributed by atoms with Gasteiger partial charge in [0, 0.05) is 13.1 Å². The van der Waals surface area contributed by atoms with Crippen LogP contribution in [0.2, 0.25) is 0 Å². The van der Waals surface area contributed by atoms with Gasteiger partial charge in [-0.15, -0.1) is 0 Å². The molecule has 82 valence electrons. The van der Waals surface area contributed by atoms with Crippen LogP contribution in [-0.2, 0) is 4.79 Å². The van der Waals surface area contributed by atoms with Crippen LogP contribution in [0.3, 0.4) is 0 Å². The second-order valence-electron chi connectivity index (χ2n) is 4.47. The maximum Gasteiger partial charge on any atom is 0.239 e. The molecule has 1 aliphatic heterocycles. The number of likely N-dealkylation sites (tertiary alicyclic amines) is 1. The summed E-state index contributed by atoms with van der Waals surface area (Å²) in [7, 11) is 0. The highest BCUT2D eigenvalue weighted by atomic mass is 16.2. The molecular formula is C11H22N2O. The van der Waals surface area contributed by atoms with Gasteiger partial charge < -0.3 is 10.2 Å². The van der Waals surface area contributed by atoms with E-state index in [4.69, 9.17) is 0 Å². The van der Waals surface area contributed by atoms with Crippen molar-refractivity contribution in [3.8, 4) is 0 Å². The maximum absolute atomic E-state index is 11.8. The van der Waals surface area contributed by atoms with Gasteiger partial charge in [-0.1, -0.05) is 20.8 Å². The summed E-state index contributed by atoms with van der Waals surface area (Å²) < 4.78 is 0. The molecule has 1 atom stereocenters. The Morgan fingerprint density at radius 2 is 2.29 bits per heavy atom. The Labute approximate surface area is 86.9 Å². The SMILES string of the molecule is CCCNC1CCN(CC(C)C)C1=O. The van der Waals surface area contributed by atoms with Crippen molar-refractivity contribution in [3.05, 3.63) is 0 Å². The Bertz CT molecular complexity index is 192. The van der Waals surface area contributed by atoms with Crippen molar-refractivity contribution >= 4 is 5.91 Å². The number of nitrogens with zero attached hydrogens (tertiary/aromatic N) is 1. The second-order valence-corrected chi connectivity index (χ2v) is 4.47. The van der Waals surface area contributed by atoms with E-state index in [2.05, 4.69) is 26.1 Å². The van der Waals surface area contributed by atoms with Gasteiger partial charge in [-0.3, -0.25) is 4.79 Å². The predicted octanol–water partition coefficient (Wildman–Crippen LogP) is 1.24. The van der Waals surface area contributed by atoms with E-state index in [1.807, 2.05) is 4.90 Å². The Kier molecular flexibility index (Phi) is 4.39. The molecule has 0 aliphatic carbocycles. The largest absolute Gasteiger partial charge is 0.341 e. The Balaban J connectivity index is 2.35. The minimum Gasteiger partial charge on any atom is -0.341 e. The lowest BCUT2D eigenvalue weighted by atomic mass is 10.2. The van der Waals surface area contributed by atoms with Crippen LogP contribution < -0.4 is 5.32 Å². The molecule has 1 heterocycles. The van der Waals surface area contributed by atoms with Gasteiger partial charge in [-0.05, 0) is 25.3 Å². The molecule has 1 saturated heterocycles. The van der Waals surface area contributed by atoms with E-state index in [0.717, 1.165) is 32.5 Å². The highest BCUT2D eigenvalue weighted by Crippen LogP contribution is 2.12. The molecule has 14 heavy (non-hydrogen) atoms. The molecule has 0 radical (unpaired) electrons. The molecular weight excluding hydrogens is 176 g/mol. The second kappa shape index (κ2) is 5.35. The average molecular weight is 198 g/mol. The van der Waals surface area contributed by atoms with Gasteiger partial charge in [-0.2, -0.15) is 0 Å².